The Morgan fingerprint density at radius 2 is 1.25 bits per heavy atom. The standard InChI is InChI=1S/C12H8Cl2F6/c1-5-9(10(5,13)14)6-2-7(11(15,16)17)4-8(3-6)12(18,19)20/h2-5,9H,1H3. The lowest BCUT2D eigenvalue weighted by Crippen LogP contribution is -2.12. The number of rotatable bonds is 1. The van der Waals surface area contributed by atoms with Gasteiger partial charge in [-0.25, -0.2) is 0 Å². The molecule has 0 saturated heterocycles. The Hall–Kier alpha value is -0.620. The number of benzene rings is 1. The van der Waals surface area contributed by atoms with Gasteiger partial charge in [-0.2, -0.15) is 26.3 Å². The maximum absolute atomic E-state index is 12.7. The van der Waals surface area contributed by atoms with Gasteiger partial charge in [0, 0.05) is 5.92 Å². The lowest BCUT2D eigenvalue weighted by Gasteiger charge is -2.14. The molecule has 1 saturated carbocycles. The van der Waals surface area contributed by atoms with Crippen molar-refractivity contribution in [2.24, 2.45) is 5.92 Å². The van der Waals surface area contributed by atoms with E-state index >= 15 is 0 Å². The highest BCUT2D eigenvalue weighted by Gasteiger charge is 2.61. The minimum Gasteiger partial charge on any atom is -0.166 e. The molecule has 0 N–H and O–H groups in total. The maximum Gasteiger partial charge on any atom is 0.416 e. The summed E-state index contributed by atoms with van der Waals surface area (Å²) in [5.74, 6) is -1.15. The third kappa shape index (κ3) is 2.72. The molecule has 20 heavy (non-hydrogen) atoms. The summed E-state index contributed by atoms with van der Waals surface area (Å²) in [5, 5.41) is 0. The Morgan fingerprint density at radius 1 is 0.900 bits per heavy atom. The Balaban J connectivity index is 2.54. The zero-order chi connectivity index (χ0) is 15.5. The number of alkyl halides is 8. The van der Waals surface area contributed by atoms with Gasteiger partial charge in [-0.3, -0.25) is 0 Å². The van der Waals surface area contributed by atoms with Crippen molar-refractivity contribution in [2.45, 2.75) is 29.5 Å². The summed E-state index contributed by atoms with van der Waals surface area (Å²) in [7, 11) is 0. The van der Waals surface area contributed by atoms with Crippen LogP contribution < -0.4 is 0 Å². The first-order valence-electron chi connectivity index (χ1n) is 5.52. The molecule has 2 atom stereocenters. The topological polar surface area (TPSA) is 0 Å². The second kappa shape index (κ2) is 4.44. The van der Waals surface area contributed by atoms with E-state index in [2.05, 4.69) is 0 Å². The van der Waals surface area contributed by atoms with Gasteiger partial charge in [0.15, 0.2) is 0 Å². The summed E-state index contributed by atoms with van der Waals surface area (Å²) in [4.78, 5) is 0. The van der Waals surface area contributed by atoms with Crippen molar-refractivity contribution in [3.05, 3.63) is 34.9 Å². The average Bonchev–Trinajstić information content (AvgIpc) is 2.75. The van der Waals surface area contributed by atoms with Crippen LogP contribution in [0.25, 0.3) is 0 Å². The molecule has 2 rings (SSSR count). The molecule has 0 spiro atoms. The SMILES string of the molecule is CC1C(c2cc(C(F)(F)F)cc(C(F)(F)F)c2)C1(Cl)Cl. The lowest BCUT2D eigenvalue weighted by molar-refractivity contribution is -0.143. The monoisotopic (exact) mass is 336 g/mol. The summed E-state index contributed by atoms with van der Waals surface area (Å²) in [6, 6.07) is 1.42. The van der Waals surface area contributed by atoms with Gasteiger partial charge in [-0.15, -0.1) is 23.2 Å². The second-order valence-electron chi connectivity index (χ2n) is 4.78. The lowest BCUT2D eigenvalue weighted by atomic mass is 10.0. The third-order valence-electron chi connectivity index (χ3n) is 3.38. The molecular weight excluding hydrogens is 329 g/mol. The van der Waals surface area contributed by atoms with Gasteiger partial charge in [0.1, 0.15) is 4.33 Å². The predicted octanol–water partition coefficient (Wildman–Crippen LogP) is 5.63. The van der Waals surface area contributed by atoms with Crippen LogP contribution in [0.1, 0.15) is 29.5 Å². The van der Waals surface area contributed by atoms with Crippen LogP contribution in [0, 0.1) is 5.92 Å². The van der Waals surface area contributed by atoms with Gasteiger partial charge in [0.2, 0.25) is 0 Å². The van der Waals surface area contributed by atoms with Crippen molar-refractivity contribution in [3.8, 4) is 0 Å². The molecule has 1 aliphatic carbocycles. The molecule has 1 aromatic rings. The molecule has 0 heterocycles. The van der Waals surface area contributed by atoms with E-state index < -0.39 is 39.6 Å². The quantitative estimate of drug-likeness (QED) is 0.460. The van der Waals surface area contributed by atoms with Crippen LogP contribution in [0.2, 0.25) is 0 Å². The normalized spacial score (nSPS) is 25.6. The van der Waals surface area contributed by atoms with Crippen LogP contribution in [-0.2, 0) is 12.4 Å². The first kappa shape index (κ1) is 15.8. The third-order valence-corrected chi connectivity index (χ3v) is 4.54. The molecule has 0 amide bonds. The first-order chi connectivity index (χ1) is 8.85. The van der Waals surface area contributed by atoms with Gasteiger partial charge in [-0.1, -0.05) is 6.92 Å². The van der Waals surface area contributed by atoms with Crippen LogP contribution in [-0.4, -0.2) is 4.33 Å². The zero-order valence-electron chi connectivity index (χ0n) is 9.91. The Kier molecular flexibility index (Phi) is 3.50. The highest BCUT2D eigenvalue weighted by molar-refractivity contribution is 6.51. The molecule has 1 aromatic carbocycles. The Bertz CT molecular complexity index is 499. The molecule has 1 aliphatic rings. The highest BCUT2D eigenvalue weighted by atomic mass is 35.5. The number of hydrogen-bond donors (Lipinski definition) is 0. The molecule has 1 fully saturated rings. The first-order valence-corrected chi connectivity index (χ1v) is 6.28. The van der Waals surface area contributed by atoms with E-state index in [1.807, 2.05) is 0 Å². The predicted molar refractivity (Wildman–Crippen MR) is 62.8 cm³/mol. The van der Waals surface area contributed by atoms with E-state index in [1.165, 1.54) is 0 Å². The second-order valence-corrected chi connectivity index (χ2v) is 6.22. The summed E-state index contributed by atoms with van der Waals surface area (Å²) >= 11 is 11.7. The van der Waals surface area contributed by atoms with E-state index in [9.17, 15) is 26.3 Å². The average molecular weight is 337 g/mol. The minimum absolute atomic E-state index is 0.0840. The number of halogens is 8. The van der Waals surface area contributed by atoms with Crippen molar-refractivity contribution in [3.63, 3.8) is 0 Å². The van der Waals surface area contributed by atoms with Crippen LogP contribution in [0.5, 0.6) is 0 Å². The smallest absolute Gasteiger partial charge is 0.166 e. The largest absolute Gasteiger partial charge is 0.416 e. The maximum atomic E-state index is 12.7. The van der Waals surface area contributed by atoms with Gasteiger partial charge in [0.25, 0.3) is 0 Å². The summed E-state index contributed by atoms with van der Waals surface area (Å²) < 4.78 is 74.7. The zero-order valence-corrected chi connectivity index (χ0v) is 11.4. The Morgan fingerprint density at radius 3 is 1.50 bits per heavy atom. The molecule has 0 aromatic heterocycles. The van der Waals surface area contributed by atoms with Crippen molar-refractivity contribution in [2.75, 3.05) is 0 Å². The van der Waals surface area contributed by atoms with Gasteiger partial charge in [0.05, 0.1) is 11.1 Å². The molecule has 0 nitrogen and oxygen atoms in total. The molecule has 112 valence electrons. The molecular formula is C12H8Cl2F6. The van der Waals surface area contributed by atoms with Crippen LogP contribution in [0.4, 0.5) is 26.3 Å². The fourth-order valence-electron chi connectivity index (χ4n) is 2.15. The summed E-state index contributed by atoms with van der Waals surface area (Å²) in [6.45, 7) is 1.57. The van der Waals surface area contributed by atoms with Crippen molar-refractivity contribution in [1.29, 1.82) is 0 Å². The van der Waals surface area contributed by atoms with Gasteiger partial charge in [-0.05, 0) is 29.7 Å². The van der Waals surface area contributed by atoms with E-state index in [1.54, 1.807) is 6.92 Å². The summed E-state index contributed by atoms with van der Waals surface area (Å²) in [5.41, 5.74) is -2.86. The molecule has 0 bridgehead atoms. The van der Waals surface area contributed by atoms with Gasteiger partial charge >= 0.3 is 12.4 Å². The van der Waals surface area contributed by atoms with Crippen LogP contribution >= 0.6 is 23.2 Å². The fraction of sp³-hybridized carbons (Fsp3) is 0.500. The van der Waals surface area contributed by atoms with Crippen LogP contribution in [0.15, 0.2) is 18.2 Å². The van der Waals surface area contributed by atoms with E-state index in [4.69, 9.17) is 23.2 Å². The van der Waals surface area contributed by atoms with Crippen molar-refractivity contribution < 1.29 is 26.3 Å². The molecule has 0 radical (unpaired) electrons. The van der Waals surface area contributed by atoms with Crippen LogP contribution in [0.3, 0.4) is 0 Å². The molecule has 0 aliphatic heterocycles. The fourth-order valence-corrected chi connectivity index (χ4v) is 2.90. The molecule has 8 heteroatoms. The number of hydrogen-bond acceptors (Lipinski definition) is 0. The highest BCUT2D eigenvalue weighted by Crippen LogP contribution is 2.65. The Labute approximate surface area is 120 Å². The van der Waals surface area contributed by atoms with E-state index in [0.717, 1.165) is 0 Å². The molecule has 2 unspecified atom stereocenters. The van der Waals surface area contributed by atoms with Crippen molar-refractivity contribution in [1.82, 2.24) is 0 Å². The minimum atomic E-state index is -4.87. The van der Waals surface area contributed by atoms with E-state index in [-0.39, 0.29) is 11.6 Å². The van der Waals surface area contributed by atoms with Crippen molar-refractivity contribution >= 4 is 23.2 Å². The van der Waals surface area contributed by atoms with E-state index in [0.29, 0.717) is 12.1 Å². The van der Waals surface area contributed by atoms with Gasteiger partial charge < -0.3 is 0 Å². The summed E-state index contributed by atoms with van der Waals surface area (Å²) in [6.07, 6.45) is -9.73.